The number of ether oxygens (including phenoxy) is 1. The van der Waals surface area contributed by atoms with Gasteiger partial charge in [0.2, 0.25) is 0 Å². The van der Waals surface area contributed by atoms with Crippen molar-refractivity contribution in [2.24, 2.45) is 0 Å². The van der Waals surface area contributed by atoms with Crippen molar-refractivity contribution in [2.45, 2.75) is 19.5 Å². The molecule has 0 fully saturated rings. The Hall–Kier alpha value is -2.31. The maximum atomic E-state index is 9.28. The van der Waals surface area contributed by atoms with E-state index in [9.17, 15) is 5.26 Å². The average Bonchev–Trinajstić information content (AvgIpc) is 2.50. The highest BCUT2D eigenvalue weighted by atomic mass is 16.5. The fourth-order valence-corrected chi connectivity index (χ4v) is 1.96. The van der Waals surface area contributed by atoms with E-state index in [1.165, 1.54) is 11.1 Å². The molecule has 2 aromatic carbocycles. The quantitative estimate of drug-likeness (QED) is 0.902. The van der Waals surface area contributed by atoms with Gasteiger partial charge in [0.1, 0.15) is 11.8 Å². The predicted molar refractivity (Wildman–Crippen MR) is 79.4 cm³/mol. The largest absolute Gasteiger partial charge is 0.497 e. The summed E-state index contributed by atoms with van der Waals surface area (Å²) in [6, 6.07) is 17.8. The van der Waals surface area contributed by atoms with Crippen LogP contribution in [-0.4, -0.2) is 7.11 Å². The van der Waals surface area contributed by atoms with Crippen molar-refractivity contribution in [2.75, 3.05) is 7.11 Å². The van der Waals surface area contributed by atoms with Gasteiger partial charge in [-0.05, 0) is 30.2 Å². The number of methoxy groups -OCH3 is 1. The number of rotatable bonds is 5. The van der Waals surface area contributed by atoms with Crippen LogP contribution in [-0.2, 0) is 6.54 Å². The summed E-state index contributed by atoms with van der Waals surface area (Å²) in [7, 11) is 1.63. The third kappa shape index (κ3) is 3.59. The van der Waals surface area contributed by atoms with Crippen LogP contribution in [0, 0.1) is 18.3 Å². The minimum Gasteiger partial charge on any atom is -0.497 e. The molecular formula is C17H18N2O. The monoisotopic (exact) mass is 266 g/mol. The summed E-state index contributed by atoms with van der Waals surface area (Å²) >= 11 is 0. The van der Waals surface area contributed by atoms with Gasteiger partial charge in [-0.15, -0.1) is 0 Å². The van der Waals surface area contributed by atoms with Crippen LogP contribution in [0.1, 0.15) is 22.7 Å². The third-order valence-corrected chi connectivity index (χ3v) is 3.21. The molecule has 0 saturated carbocycles. The number of nitrogens with one attached hydrogen (secondary N) is 1. The molecule has 3 heteroatoms. The molecule has 3 nitrogen and oxygen atoms in total. The second kappa shape index (κ2) is 6.74. The van der Waals surface area contributed by atoms with Crippen molar-refractivity contribution < 1.29 is 4.74 Å². The lowest BCUT2D eigenvalue weighted by Gasteiger charge is -2.12. The molecule has 1 N–H and O–H groups in total. The van der Waals surface area contributed by atoms with E-state index in [2.05, 4.69) is 42.6 Å². The van der Waals surface area contributed by atoms with Crippen molar-refractivity contribution in [1.29, 1.82) is 5.26 Å². The Morgan fingerprint density at radius 3 is 2.30 bits per heavy atom. The molecule has 0 amide bonds. The number of hydrogen-bond donors (Lipinski definition) is 1. The van der Waals surface area contributed by atoms with E-state index in [-0.39, 0.29) is 6.04 Å². The molecule has 1 atom stereocenters. The van der Waals surface area contributed by atoms with Gasteiger partial charge in [-0.1, -0.05) is 42.0 Å². The van der Waals surface area contributed by atoms with Crippen LogP contribution < -0.4 is 10.1 Å². The summed E-state index contributed by atoms with van der Waals surface area (Å²) in [6.07, 6.45) is 0. The smallest absolute Gasteiger partial charge is 0.121 e. The van der Waals surface area contributed by atoms with E-state index >= 15 is 0 Å². The topological polar surface area (TPSA) is 45.0 Å². The van der Waals surface area contributed by atoms with Gasteiger partial charge in [0.05, 0.1) is 13.2 Å². The fraction of sp³-hybridized carbons (Fsp3) is 0.235. The van der Waals surface area contributed by atoms with Crippen molar-refractivity contribution in [3.63, 3.8) is 0 Å². The summed E-state index contributed by atoms with van der Waals surface area (Å²) < 4.78 is 5.12. The number of nitriles is 1. The Balaban J connectivity index is 2.01. The molecule has 1 unspecified atom stereocenters. The molecule has 0 spiro atoms. The van der Waals surface area contributed by atoms with Gasteiger partial charge >= 0.3 is 0 Å². The van der Waals surface area contributed by atoms with Gasteiger partial charge in [0.25, 0.3) is 0 Å². The molecule has 0 radical (unpaired) electrons. The predicted octanol–water partition coefficient (Wildman–Crippen LogP) is 3.36. The van der Waals surface area contributed by atoms with Crippen LogP contribution in [0.15, 0.2) is 48.5 Å². The van der Waals surface area contributed by atoms with Gasteiger partial charge in [-0.25, -0.2) is 0 Å². The molecule has 0 aliphatic carbocycles. The SMILES string of the molecule is COc1ccc(C(C#N)NCc2ccc(C)cc2)cc1. The average molecular weight is 266 g/mol. The van der Waals surface area contributed by atoms with Crippen molar-refractivity contribution in [3.8, 4) is 11.8 Å². The molecule has 20 heavy (non-hydrogen) atoms. The molecule has 0 heterocycles. The summed E-state index contributed by atoms with van der Waals surface area (Å²) in [5.41, 5.74) is 3.35. The summed E-state index contributed by atoms with van der Waals surface area (Å²) in [5.74, 6) is 0.795. The van der Waals surface area contributed by atoms with Gasteiger partial charge in [-0.3, -0.25) is 5.32 Å². The summed E-state index contributed by atoms with van der Waals surface area (Å²) in [5, 5.41) is 12.5. The summed E-state index contributed by atoms with van der Waals surface area (Å²) in [4.78, 5) is 0. The highest BCUT2D eigenvalue weighted by Crippen LogP contribution is 2.17. The van der Waals surface area contributed by atoms with Gasteiger partial charge in [0.15, 0.2) is 0 Å². The maximum Gasteiger partial charge on any atom is 0.121 e. The molecule has 2 aromatic rings. The zero-order valence-corrected chi connectivity index (χ0v) is 11.8. The normalized spacial score (nSPS) is 11.7. The van der Waals surface area contributed by atoms with Crippen molar-refractivity contribution in [1.82, 2.24) is 5.32 Å². The van der Waals surface area contributed by atoms with Crippen LogP contribution in [0.4, 0.5) is 0 Å². The zero-order valence-electron chi connectivity index (χ0n) is 11.8. The molecule has 0 aliphatic rings. The standard InChI is InChI=1S/C17H18N2O/c1-13-3-5-14(6-4-13)12-19-17(11-18)15-7-9-16(20-2)10-8-15/h3-10,17,19H,12H2,1-2H3. The number of nitrogens with zero attached hydrogens (tertiary/aromatic N) is 1. The first-order valence-electron chi connectivity index (χ1n) is 6.55. The number of benzene rings is 2. The summed E-state index contributed by atoms with van der Waals surface area (Å²) in [6.45, 7) is 2.73. The highest BCUT2D eigenvalue weighted by molar-refractivity contribution is 5.31. The maximum absolute atomic E-state index is 9.28. The first-order chi connectivity index (χ1) is 9.72. The number of hydrogen-bond acceptors (Lipinski definition) is 3. The van der Waals surface area contributed by atoms with Crippen molar-refractivity contribution in [3.05, 3.63) is 65.2 Å². The fourth-order valence-electron chi connectivity index (χ4n) is 1.96. The second-order valence-electron chi connectivity index (χ2n) is 4.70. The van der Waals surface area contributed by atoms with Gasteiger partial charge < -0.3 is 4.74 Å². The Morgan fingerprint density at radius 1 is 1.10 bits per heavy atom. The van der Waals surface area contributed by atoms with Gasteiger partial charge in [-0.2, -0.15) is 5.26 Å². The van der Waals surface area contributed by atoms with E-state index in [1.54, 1.807) is 7.11 Å². The third-order valence-electron chi connectivity index (χ3n) is 3.21. The van der Waals surface area contributed by atoms with E-state index < -0.39 is 0 Å². The molecule has 0 aromatic heterocycles. The van der Waals surface area contributed by atoms with Crippen LogP contribution in [0.25, 0.3) is 0 Å². The van der Waals surface area contributed by atoms with E-state index in [0.29, 0.717) is 6.54 Å². The van der Waals surface area contributed by atoms with Crippen molar-refractivity contribution >= 4 is 0 Å². The molecule has 0 bridgehead atoms. The minimum atomic E-state index is -0.317. The first-order valence-corrected chi connectivity index (χ1v) is 6.55. The zero-order chi connectivity index (χ0) is 14.4. The number of aryl methyl sites for hydroxylation is 1. The minimum absolute atomic E-state index is 0.317. The Bertz CT molecular complexity index is 582. The molecular weight excluding hydrogens is 248 g/mol. The Labute approximate surface area is 119 Å². The second-order valence-corrected chi connectivity index (χ2v) is 4.70. The Kier molecular flexibility index (Phi) is 4.75. The van der Waals surface area contributed by atoms with E-state index in [4.69, 9.17) is 4.74 Å². The molecule has 102 valence electrons. The van der Waals surface area contributed by atoms with Crippen LogP contribution in [0.2, 0.25) is 0 Å². The van der Waals surface area contributed by atoms with Gasteiger partial charge in [0, 0.05) is 6.54 Å². The lowest BCUT2D eigenvalue weighted by molar-refractivity contribution is 0.414. The van der Waals surface area contributed by atoms with Crippen LogP contribution in [0.5, 0.6) is 5.75 Å². The highest BCUT2D eigenvalue weighted by Gasteiger charge is 2.09. The van der Waals surface area contributed by atoms with Crippen LogP contribution >= 0.6 is 0 Å². The molecule has 2 rings (SSSR count). The Morgan fingerprint density at radius 2 is 1.75 bits per heavy atom. The van der Waals surface area contributed by atoms with Crippen LogP contribution in [0.3, 0.4) is 0 Å². The van der Waals surface area contributed by atoms with E-state index in [1.807, 2.05) is 24.3 Å². The first kappa shape index (κ1) is 14.1. The lowest BCUT2D eigenvalue weighted by atomic mass is 10.1. The lowest BCUT2D eigenvalue weighted by Crippen LogP contribution is -2.19. The van der Waals surface area contributed by atoms with E-state index in [0.717, 1.165) is 11.3 Å². The molecule has 0 aliphatic heterocycles. The molecule has 0 saturated heterocycles.